The first-order chi connectivity index (χ1) is 9.43. The first kappa shape index (κ1) is 19.4. The predicted molar refractivity (Wildman–Crippen MR) is 87.6 cm³/mol. The highest BCUT2D eigenvalue weighted by Crippen LogP contribution is 2.21. The van der Waals surface area contributed by atoms with Crippen molar-refractivity contribution in [3.8, 4) is 0 Å². The minimum Gasteiger partial charge on any atom is -0.340 e. The van der Waals surface area contributed by atoms with E-state index in [-0.39, 0.29) is 0 Å². The molecule has 0 radical (unpaired) electrons. The standard InChI is InChI=1S/C17H36N2O/c1-6-7-8-13-19(15(4)5)17(20)10-9-16(11-12-18)14(2)3/h14-16H,6-13,18H2,1-5H3. The first-order valence-electron chi connectivity index (χ1n) is 8.43. The van der Waals surface area contributed by atoms with Gasteiger partial charge in [0.05, 0.1) is 0 Å². The lowest BCUT2D eigenvalue weighted by molar-refractivity contribution is -0.133. The van der Waals surface area contributed by atoms with E-state index >= 15 is 0 Å². The second-order valence-corrected chi connectivity index (χ2v) is 6.51. The summed E-state index contributed by atoms with van der Waals surface area (Å²) < 4.78 is 0. The van der Waals surface area contributed by atoms with Crippen LogP contribution in [0, 0.1) is 11.8 Å². The van der Waals surface area contributed by atoms with E-state index in [9.17, 15) is 4.79 Å². The SMILES string of the molecule is CCCCCN(C(=O)CCC(CCN)C(C)C)C(C)C. The van der Waals surface area contributed by atoms with Crippen LogP contribution in [-0.2, 0) is 4.79 Å². The molecule has 0 aromatic carbocycles. The van der Waals surface area contributed by atoms with Crippen LogP contribution < -0.4 is 5.73 Å². The molecule has 1 amide bonds. The maximum atomic E-state index is 12.4. The Morgan fingerprint density at radius 1 is 1.10 bits per heavy atom. The topological polar surface area (TPSA) is 46.3 Å². The Labute approximate surface area is 126 Å². The summed E-state index contributed by atoms with van der Waals surface area (Å²) in [5, 5.41) is 0. The van der Waals surface area contributed by atoms with E-state index in [1.54, 1.807) is 0 Å². The van der Waals surface area contributed by atoms with Gasteiger partial charge in [0.2, 0.25) is 5.91 Å². The van der Waals surface area contributed by atoms with Crippen molar-refractivity contribution < 1.29 is 4.79 Å². The molecule has 3 heteroatoms. The molecular weight excluding hydrogens is 248 g/mol. The molecule has 20 heavy (non-hydrogen) atoms. The van der Waals surface area contributed by atoms with Crippen LogP contribution in [0.5, 0.6) is 0 Å². The third-order valence-electron chi connectivity index (χ3n) is 4.16. The maximum Gasteiger partial charge on any atom is 0.222 e. The monoisotopic (exact) mass is 284 g/mol. The normalized spacial score (nSPS) is 13.0. The Kier molecular flexibility index (Phi) is 10.8. The summed E-state index contributed by atoms with van der Waals surface area (Å²) in [7, 11) is 0. The molecule has 120 valence electrons. The molecule has 0 bridgehead atoms. The first-order valence-corrected chi connectivity index (χ1v) is 8.43. The summed E-state index contributed by atoms with van der Waals surface area (Å²) in [6, 6.07) is 0.311. The van der Waals surface area contributed by atoms with Crippen LogP contribution >= 0.6 is 0 Å². The molecule has 3 nitrogen and oxygen atoms in total. The van der Waals surface area contributed by atoms with Crippen LogP contribution in [0.4, 0.5) is 0 Å². The van der Waals surface area contributed by atoms with Crippen LogP contribution in [0.1, 0.15) is 73.1 Å². The second-order valence-electron chi connectivity index (χ2n) is 6.51. The van der Waals surface area contributed by atoms with Crippen LogP contribution in [-0.4, -0.2) is 29.9 Å². The zero-order chi connectivity index (χ0) is 15.5. The molecule has 0 fully saturated rings. The van der Waals surface area contributed by atoms with Crippen molar-refractivity contribution in [2.45, 2.75) is 79.2 Å². The van der Waals surface area contributed by atoms with E-state index < -0.39 is 0 Å². The zero-order valence-corrected chi connectivity index (χ0v) is 14.3. The van der Waals surface area contributed by atoms with Crippen molar-refractivity contribution in [2.75, 3.05) is 13.1 Å². The zero-order valence-electron chi connectivity index (χ0n) is 14.3. The number of rotatable bonds is 11. The van der Waals surface area contributed by atoms with Gasteiger partial charge in [-0.3, -0.25) is 4.79 Å². The van der Waals surface area contributed by atoms with Gasteiger partial charge in [-0.1, -0.05) is 33.6 Å². The molecule has 0 aliphatic carbocycles. The van der Waals surface area contributed by atoms with Gasteiger partial charge in [-0.25, -0.2) is 0 Å². The van der Waals surface area contributed by atoms with Gasteiger partial charge in [-0.2, -0.15) is 0 Å². The van der Waals surface area contributed by atoms with E-state index in [1.165, 1.54) is 12.8 Å². The Bertz CT molecular complexity index is 251. The van der Waals surface area contributed by atoms with Crippen LogP contribution in [0.3, 0.4) is 0 Å². The fraction of sp³-hybridized carbons (Fsp3) is 0.941. The number of nitrogens with zero attached hydrogens (tertiary/aromatic N) is 1. The average molecular weight is 284 g/mol. The molecule has 0 saturated heterocycles. The van der Waals surface area contributed by atoms with Gasteiger partial charge >= 0.3 is 0 Å². The van der Waals surface area contributed by atoms with Crippen molar-refractivity contribution in [3.63, 3.8) is 0 Å². The molecule has 2 N–H and O–H groups in total. The van der Waals surface area contributed by atoms with Gasteiger partial charge in [-0.05, 0) is 51.5 Å². The summed E-state index contributed by atoms with van der Waals surface area (Å²) >= 11 is 0. The van der Waals surface area contributed by atoms with Gasteiger partial charge in [0.15, 0.2) is 0 Å². The summed E-state index contributed by atoms with van der Waals surface area (Å²) in [6.07, 6.45) is 6.21. The van der Waals surface area contributed by atoms with Crippen molar-refractivity contribution in [2.24, 2.45) is 17.6 Å². The molecule has 0 aromatic heterocycles. The lowest BCUT2D eigenvalue weighted by atomic mass is 9.88. The van der Waals surface area contributed by atoms with E-state index in [4.69, 9.17) is 5.73 Å². The molecule has 1 atom stereocenters. The number of hydrogen-bond acceptors (Lipinski definition) is 2. The summed E-state index contributed by atoms with van der Waals surface area (Å²) in [5.41, 5.74) is 5.67. The second kappa shape index (κ2) is 11.1. The van der Waals surface area contributed by atoms with Gasteiger partial charge in [0.25, 0.3) is 0 Å². The third-order valence-corrected chi connectivity index (χ3v) is 4.16. The van der Waals surface area contributed by atoms with Crippen molar-refractivity contribution in [3.05, 3.63) is 0 Å². The molecular formula is C17H36N2O. The van der Waals surface area contributed by atoms with Gasteiger partial charge in [-0.15, -0.1) is 0 Å². The summed E-state index contributed by atoms with van der Waals surface area (Å²) in [6.45, 7) is 12.5. The fourth-order valence-electron chi connectivity index (χ4n) is 2.68. The average Bonchev–Trinajstić information content (AvgIpc) is 2.38. The lowest BCUT2D eigenvalue weighted by Gasteiger charge is -2.28. The van der Waals surface area contributed by atoms with Gasteiger partial charge in [0.1, 0.15) is 0 Å². The highest BCUT2D eigenvalue weighted by atomic mass is 16.2. The number of carbonyl (C=O) groups is 1. The molecule has 0 spiro atoms. The number of nitrogens with two attached hydrogens (primary N) is 1. The number of amides is 1. The Morgan fingerprint density at radius 3 is 2.20 bits per heavy atom. The van der Waals surface area contributed by atoms with Crippen LogP contribution in [0.15, 0.2) is 0 Å². The minimum atomic E-state index is 0.311. The largest absolute Gasteiger partial charge is 0.340 e. The molecule has 1 unspecified atom stereocenters. The van der Waals surface area contributed by atoms with Crippen molar-refractivity contribution in [1.29, 1.82) is 0 Å². The fourth-order valence-corrected chi connectivity index (χ4v) is 2.68. The molecule has 0 heterocycles. The van der Waals surface area contributed by atoms with Crippen LogP contribution in [0.2, 0.25) is 0 Å². The number of carbonyl (C=O) groups excluding carboxylic acids is 1. The van der Waals surface area contributed by atoms with E-state index in [0.29, 0.717) is 30.2 Å². The summed E-state index contributed by atoms with van der Waals surface area (Å²) in [5.74, 6) is 1.51. The minimum absolute atomic E-state index is 0.311. The smallest absolute Gasteiger partial charge is 0.222 e. The predicted octanol–water partition coefficient (Wildman–Crippen LogP) is 3.81. The highest BCUT2D eigenvalue weighted by molar-refractivity contribution is 5.76. The Hall–Kier alpha value is -0.570. The summed E-state index contributed by atoms with van der Waals surface area (Å²) in [4.78, 5) is 14.5. The van der Waals surface area contributed by atoms with Crippen molar-refractivity contribution in [1.82, 2.24) is 4.90 Å². The highest BCUT2D eigenvalue weighted by Gasteiger charge is 2.19. The van der Waals surface area contributed by atoms with E-state index in [2.05, 4.69) is 39.5 Å². The molecule has 0 saturated carbocycles. The van der Waals surface area contributed by atoms with Gasteiger partial charge < -0.3 is 10.6 Å². The Morgan fingerprint density at radius 2 is 1.75 bits per heavy atom. The molecule has 0 aliphatic heterocycles. The Balaban J connectivity index is 4.30. The van der Waals surface area contributed by atoms with E-state index in [0.717, 1.165) is 32.4 Å². The maximum absolute atomic E-state index is 12.4. The molecule has 0 rings (SSSR count). The molecule has 0 aromatic rings. The molecule has 0 aliphatic rings. The van der Waals surface area contributed by atoms with Gasteiger partial charge in [0, 0.05) is 19.0 Å². The quantitative estimate of drug-likeness (QED) is 0.586. The number of hydrogen-bond donors (Lipinski definition) is 1. The van der Waals surface area contributed by atoms with Crippen LogP contribution in [0.25, 0.3) is 0 Å². The number of unbranched alkanes of at least 4 members (excludes halogenated alkanes) is 2. The lowest BCUT2D eigenvalue weighted by Crippen LogP contribution is -2.38. The van der Waals surface area contributed by atoms with E-state index in [1.807, 2.05) is 0 Å². The van der Waals surface area contributed by atoms with Crippen molar-refractivity contribution >= 4 is 5.91 Å². The third kappa shape index (κ3) is 7.88.